The smallest absolute Gasteiger partial charge is 0.267 e. The summed E-state index contributed by atoms with van der Waals surface area (Å²) in [6, 6.07) is 8.98. The maximum Gasteiger partial charge on any atom is 0.267 e. The third-order valence-electron chi connectivity index (χ3n) is 4.22. The summed E-state index contributed by atoms with van der Waals surface area (Å²) in [5, 5.41) is 7.79. The van der Waals surface area contributed by atoms with Crippen molar-refractivity contribution in [3.8, 4) is 0 Å². The van der Waals surface area contributed by atoms with Gasteiger partial charge in [0, 0.05) is 23.7 Å². The number of amides is 1. The van der Waals surface area contributed by atoms with Crippen molar-refractivity contribution in [1.29, 1.82) is 0 Å². The van der Waals surface area contributed by atoms with Gasteiger partial charge in [-0.3, -0.25) is 9.59 Å². The number of aromatic nitrogens is 2. The maximum atomic E-state index is 12.1. The van der Waals surface area contributed by atoms with Gasteiger partial charge >= 0.3 is 0 Å². The molecule has 1 N–H and O–H groups in total. The molecule has 0 saturated heterocycles. The van der Waals surface area contributed by atoms with E-state index in [1.54, 1.807) is 18.2 Å². The van der Waals surface area contributed by atoms with Crippen molar-refractivity contribution in [2.75, 3.05) is 6.54 Å². The fraction of sp³-hybridized carbons (Fsp3) is 0.316. The third kappa shape index (κ3) is 4.57. The lowest BCUT2D eigenvalue weighted by Gasteiger charge is -2.15. The molecule has 0 saturated carbocycles. The van der Waals surface area contributed by atoms with Crippen LogP contribution in [0.4, 0.5) is 0 Å². The molecule has 0 bridgehead atoms. The summed E-state index contributed by atoms with van der Waals surface area (Å²) < 4.78 is 1.43. The molecule has 0 aliphatic heterocycles. The predicted octanol–water partition coefficient (Wildman–Crippen LogP) is 2.61. The van der Waals surface area contributed by atoms with Crippen LogP contribution in [-0.2, 0) is 24.2 Å². The summed E-state index contributed by atoms with van der Waals surface area (Å²) in [6.45, 7) is 0.704. The van der Waals surface area contributed by atoms with Crippen molar-refractivity contribution < 1.29 is 4.79 Å². The first kappa shape index (κ1) is 17.4. The van der Waals surface area contributed by atoms with E-state index in [1.807, 2.05) is 18.2 Å². The van der Waals surface area contributed by atoms with E-state index in [4.69, 9.17) is 11.6 Å². The number of aryl methyl sites for hydroxylation is 2. The zero-order chi connectivity index (χ0) is 17.6. The highest BCUT2D eigenvalue weighted by Crippen LogP contribution is 2.17. The zero-order valence-electron chi connectivity index (χ0n) is 13.9. The Morgan fingerprint density at radius 2 is 2.08 bits per heavy atom. The minimum atomic E-state index is -0.231. The van der Waals surface area contributed by atoms with Crippen molar-refractivity contribution in [3.63, 3.8) is 0 Å². The van der Waals surface area contributed by atoms with Gasteiger partial charge in [-0.2, -0.15) is 5.10 Å². The molecule has 1 aliphatic carbocycles. The van der Waals surface area contributed by atoms with E-state index in [2.05, 4.69) is 10.4 Å². The summed E-state index contributed by atoms with van der Waals surface area (Å²) in [7, 11) is 0. The molecule has 1 aromatic carbocycles. The standard InChI is InChI=1S/C19H20ClN3O2/c20-16-7-3-1-5-14(16)9-10-18(24)21-11-12-23-19(25)13-15-6-2-4-8-17(15)22-23/h1,3,5,7,9-10,13H,2,4,6,8,11-12H2,(H,21,24)/b10-9+. The number of rotatable bonds is 5. The van der Waals surface area contributed by atoms with Gasteiger partial charge in [0.25, 0.3) is 5.56 Å². The van der Waals surface area contributed by atoms with Gasteiger partial charge in [0.1, 0.15) is 0 Å². The molecule has 1 amide bonds. The summed E-state index contributed by atoms with van der Waals surface area (Å²) >= 11 is 6.04. The molecular weight excluding hydrogens is 338 g/mol. The van der Waals surface area contributed by atoms with Gasteiger partial charge < -0.3 is 5.32 Å². The molecule has 130 valence electrons. The number of carbonyl (C=O) groups is 1. The summed E-state index contributed by atoms with van der Waals surface area (Å²) in [5.41, 5.74) is 2.75. The minimum absolute atomic E-state index is 0.110. The van der Waals surface area contributed by atoms with Gasteiger partial charge in [0.05, 0.1) is 12.2 Å². The molecule has 0 spiro atoms. The molecule has 0 fully saturated rings. The van der Waals surface area contributed by atoms with Crippen LogP contribution in [0.5, 0.6) is 0 Å². The fourth-order valence-electron chi connectivity index (χ4n) is 2.88. The van der Waals surface area contributed by atoms with E-state index < -0.39 is 0 Å². The van der Waals surface area contributed by atoms with Gasteiger partial charge in [-0.15, -0.1) is 0 Å². The van der Waals surface area contributed by atoms with Crippen LogP contribution in [0.15, 0.2) is 41.2 Å². The Kier molecular flexibility index (Phi) is 5.66. The molecule has 6 heteroatoms. The van der Waals surface area contributed by atoms with Crippen LogP contribution in [0.2, 0.25) is 5.02 Å². The van der Waals surface area contributed by atoms with Crippen molar-refractivity contribution in [1.82, 2.24) is 15.1 Å². The Hall–Kier alpha value is -2.40. The molecule has 25 heavy (non-hydrogen) atoms. The minimum Gasteiger partial charge on any atom is -0.351 e. The summed E-state index contributed by atoms with van der Waals surface area (Å²) in [5.74, 6) is -0.231. The maximum absolute atomic E-state index is 12.1. The molecular formula is C19H20ClN3O2. The SMILES string of the molecule is O=C(/C=C/c1ccccc1Cl)NCCn1nc2c(cc1=O)CCCC2. The topological polar surface area (TPSA) is 64.0 Å². The average Bonchev–Trinajstić information content (AvgIpc) is 2.61. The number of benzene rings is 1. The van der Waals surface area contributed by atoms with Crippen LogP contribution >= 0.6 is 11.6 Å². The lowest BCUT2D eigenvalue weighted by Crippen LogP contribution is -2.32. The van der Waals surface area contributed by atoms with E-state index in [0.717, 1.165) is 42.5 Å². The van der Waals surface area contributed by atoms with Gasteiger partial charge in [-0.25, -0.2) is 4.68 Å². The number of hydrogen-bond donors (Lipinski definition) is 1. The van der Waals surface area contributed by atoms with Crippen LogP contribution in [0.1, 0.15) is 29.7 Å². The predicted molar refractivity (Wildman–Crippen MR) is 98.6 cm³/mol. The molecule has 2 aromatic rings. The largest absolute Gasteiger partial charge is 0.351 e. The first-order valence-corrected chi connectivity index (χ1v) is 8.81. The van der Waals surface area contributed by atoms with Crippen molar-refractivity contribution >= 4 is 23.6 Å². The lowest BCUT2D eigenvalue weighted by molar-refractivity contribution is -0.116. The molecule has 0 radical (unpaired) electrons. The van der Waals surface area contributed by atoms with Gasteiger partial charge in [0.2, 0.25) is 5.91 Å². The van der Waals surface area contributed by atoms with Crippen molar-refractivity contribution in [2.45, 2.75) is 32.2 Å². The monoisotopic (exact) mass is 357 g/mol. The second-order valence-electron chi connectivity index (χ2n) is 6.03. The molecule has 0 unspecified atom stereocenters. The van der Waals surface area contributed by atoms with Crippen LogP contribution in [0.3, 0.4) is 0 Å². The van der Waals surface area contributed by atoms with Crippen LogP contribution < -0.4 is 10.9 Å². The first-order chi connectivity index (χ1) is 12.1. The van der Waals surface area contributed by atoms with Crippen molar-refractivity contribution in [2.24, 2.45) is 0 Å². The number of hydrogen-bond acceptors (Lipinski definition) is 3. The second-order valence-corrected chi connectivity index (χ2v) is 6.44. The van der Waals surface area contributed by atoms with E-state index in [0.29, 0.717) is 18.1 Å². The van der Waals surface area contributed by atoms with Crippen LogP contribution in [0.25, 0.3) is 6.08 Å². The highest BCUT2D eigenvalue weighted by molar-refractivity contribution is 6.32. The van der Waals surface area contributed by atoms with Gasteiger partial charge in [-0.05, 0) is 49.0 Å². The average molecular weight is 358 g/mol. The van der Waals surface area contributed by atoms with Crippen LogP contribution in [0, 0.1) is 0 Å². The lowest BCUT2D eigenvalue weighted by atomic mass is 9.97. The molecule has 1 aromatic heterocycles. The highest BCUT2D eigenvalue weighted by Gasteiger charge is 2.13. The Bertz CT molecular complexity index is 858. The molecule has 0 atom stereocenters. The van der Waals surface area contributed by atoms with E-state index in [9.17, 15) is 9.59 Å². The number of nitrogens with zero attached hydrogens (tertiary/aromatic N) is 2. The molecule has 1 heterocycles. The number of fused-ring (bicyclic) bond motifs is 1. The van der Waals surface area contributed by atoms with Crippen LogP contribution in [-0.4, -0.2) is 22.2 Å². The van der Waals surface area contributed by atoms with E-state index >= 15 is 0 Å². The number of nitrogens with one attached hydrogen (secondary N) is 1. The van der Waals surface area contributed by atoms with Crippen molar-refractivity contribution in [3.05, 3.63) is 68.6 Å². The van der Waals surface area contributed by atoms with Gasteiger partial charge in [0.15, 0.2) is 0 Å². The quantitative estimate of drug-likeness (QED) is 0.836. The highest BCUT2D eigenvalue weighted by atomic mass is 35.5. The zero-order valence-corrected chi connectivity index (χ0v) is 14.6. The summed E-state index contributed by atoms with van der Waals surface area (Å²) in [6.07, 6.45) is 7.18. The normalized spacial score (nSPS) is 13.6. The Morgan fingerprint density at radius 1 is 1.28 bits per heavy atom. The fourth-order valence-corrected chi connectivity index (χ4v) is 3.08. The second kappa shape index (κ2) is 8.12. The Morgan fingerprint density at radius 3 is 2.92 bits per heavy atom. The first-order valence-electron chi connectivity index (χ1n) is 8.44. The number of halogens is 1. The number of carbonyl (C=O) groups excluding carboxylic acids is 1. The third-order valence-corrected chi connectivity index (χ3v) is 4.56. The molecule has 3 rings (SSSR count). The van der Waals surface area contributed by atoms with E-state index in [1.165, 1.54) is 10.8 Å². The summed E-state index contributed by atoms with van der Waals surface area (Å²) in [4.78, 5) is 24.0. The Balaban J connectivity index is 1.55. The molecule has 1 aliphatic rings. The Labute approximate surface area is 151 Å². The van der Waals surface area contributed by atoms with Gasteiger partial charge in [-0.1, -0.05) is 29.8 Å². The molecule has 5 nitrogen and oxygen atoms in total. The van der Waals surface area contributed by atoms with E-state index in [-0.39, 0.29) is 11.5 Å².